The summed E-state index contributed by atoms with van der Waals surface area (Å²) in [4.78, 5) is 16.9. The van der Waals surface area contributed by atoms with Crippen LogP contribution in [0.5, 0.6) is 0 Å². The molecular weight excluding hydrogens is 425 g/mol. The second kappa shape index (κ2) is 11.3. The van der Waals surface area contributed by atoms with Gasteiger partial charge >= 0.3 is 0 Å². The number of carbonyl (C=O) groups excluding carboxylic acids is 1. The van der Waals surface area contributed by atoms with Crippen molar-refractivity contribution in [3.63, 3.8) is 0 Å². The topological polar surface area (TPSA) is 35.6 Å². The molecule has 1 N–H and O–H groups in total. The van der Waals surface area contributed by atoms with Crippen molar-refractivity contribution in [1.82, 2.24) is 4.90 Å². The Hall–Kier alpha value is -3.18. The van der Waals surface area contributed by atoms with Gasteiger partial charge in [-0.1, -0.05) is 74.5 Å². The number of halogens is 1. The number of amides is 1. The molecule has 3 aromatic carbocycles. The van der Waals surface area contributed by atoms with E-state index < -0.39 is 0 Å². The van der Waals surface area contributed by atoms with Crippen LogP contribution in [0.4, 0.5) is 15.8 Å². The summed E-state index contributed by atoms with van der Waals surface area (Å²) in [6.07, 6.45) is 1.56. The first-order valence-corrected chi connectivity index (χ1v) is 12.3. The Morgan fingerprint density at radius 2 is 1.41 bits per heavy atom. The molecule has 0 spiro atoms. The predicted octanol–water partition coefficient (Wildman–Crippen LogP) is 6.11. The first kappa shape index (κ1) is 24.0. The van der Waals surface area contributed by atoms with Gasteiger partial charge in [0, 0.05) is 37.8 Å². The van der Waals surface area contributed by atoms with Crippen LogP contribution < -0.4 is 10.2 Å². The maximum Gasteiger partial charge on any atom is 0.227 e. The second-order valence-corrected chi connectivity index (χ2v) is 8.92. The van der Waals surface area contributed by atoms with E-state index in [2.05, 4.69) is 63.6 Å². The van der Waals surface area contributed by atoms with Crippen LogP contribution >= 0.6 is 0 Å². The summed E-state index contributed by atoms with van der Waals surface area (Å²) >= 11 is 0. The van der Waals surface area contributed by atoms with Crippen LogP contribution in [0.15, 0.2) is 78.9 Å². The van der Waals surface area contributed by atoms with Crippen molar-refractivity contribution in [3.8, 4) is 0 Å². The van der Waals surface area contributed by atoms with Crippen molar-refractivity contribution in [2.75, 3.05) is 36.4 Å². The van der Waals surface area contributed by atoms with Crippen LogP contribution in [-0.2, 0) is 4.79 Å². The number of hydrogen-bond donors (Lipinski definition) is 1. The van der Waals surface area contributed by atoms with E-state index in [0.29, 0.717) is 11.4 Å². The Kier molecular flexibility index (Phi) is 7.96. The molecule has 178 valence electrons. The summed E-state index contributed by atoms with van der Waals surface area (Å²) in [5.74, 6) is -0.380. The van der Waals surface area contributed by atoms with Crippen LogP contribution in [0.1, 0.15) is 43.9 Å². The molecule has 0 saturated carbocycles. The molecule has 4 rings (SSSR count). The molecule has 1 aliphatic heterocycles. The van der Waals surface area contributed by atoms with Gasteiger partial charge in [-0.05, 0) is 42.2 Å². The van der Waals surface area contributed by atoms with E-state index in [-0.39, 0.29) is 23.7 Å². The average molecular weight is 460 g/mol. The van der Waals surface area contributed by atoms with Gasteiger partial charge in [-0.25, -0.2) is 4.39 Å². The van der Waals surface area contributed by atoms with Gasteiger partial charge in [-0.15, -0.1) is 0 Å². The number of hydrogen-bond acceptors (Lipinski definition) is 3. The van der Waals surface area contributed by atoms with E-state index in [9.17, 15) is 4.79 Å². The highest BCUT2D eigenvalue weighted by Gasteiger charge is 2.27. The van der Waals surface area contributed by atoms with Gasteiger partial charge in [0.2, 0.25) is 5.91 Å². The molecule has 0 bridgehead atoms. The average Bonchev–Trinajstić information content (AvgIpc) is 2.87. The summed E-state index contributed by atoms with van der Waals surface area (Å²) in [5.41, 5.74) is 3.65. The Morgan fingerprint density at radius 1 is 0.853 bits per heavy atom. The maximum absolute atomic E-state index is 15.0. The van der Waals surface area contributed by atoms with E-state index in [1.807, 2.05) is 32.0 Å². The number of carbonyl (C=O) groups is 1. The minimum atomic E-state index is -0.293. The van der Waals surface area contributed by atoms with Crippen LogP contribution in [0.25, 0.3) is 0 Å². The molecule has 0 aliphatic carbocycles. The largest absolute Gasteiger partial charge is 0.367 e. The highest BCUT2D eigenvalue weighted by atomic mass is 19.1. The first-order valence-electron chi connectivity index (χ1n) is 12.3. The Morgan fingerprint density at radius 3 is 1.91 bits per heavy atom. The van der Waals surface area contributed by atoms with E-state index in [1.165, 1.54) is 17.2 Å². The summed E-state index contributed by atoms with van der Waals surface area (Å²) in [7, 11) is 0. The van der Waals surface area contributed by atoms with Gasteiger partial charge in [0.25, 0.3) is 0 Å². The number of benzene rings is 3. The molecule has 4 nitrogen and oxygen atoms in total. The van der Waals surface area contributed by atoms with Crippen LogP contribution in [0.3, 0.4) is 0 Å². The van der Waals surface area contributed by atoms with Crippen LogP contribution in [0, 0.1) is 11.7 Å². The monoisotopic (exact) mass is 459 g/mol. The molecule has 1 aliphatic rings. The summed E-state index contributed by atoms with van der Waals surface area (Å²) < 4.78 is 15.0. The minimum absolute atomic E-state index is 0.0429. The molecule has 1 heterocycles. The molecule has 3 aromatic rings. The Bertz CT molecular complexity index is 1020. The van der Waals surface area contributed by atoms with Gasteiger partial charge in [0.15, 0.2) is 0 Å². The van der Waals surface area contributed by atoms with Crippen molar-refractivity contribution >= 4 is 17.3 Å². The fraction of sp³-hybridized carbons (Fsp3) is 0.345. The number of nitrogens with one attached hydrogen (secondary N) is 1. The SMILES string of the molecule is CCC(CC)C(=O)Nc1ccc(N2CCN(C(c3ccccc3)c3ccccc3)CC2)c(F)c1. The van der Waals surface area contributed by atoms with Gasteiger partial charge in [0.1, 0.15) is 5.82 Å². The third kappa shape index (κ3) is 5.48. The van der Waals surface area contributed by atoms with E-state index in [1.54, 1.807) is 6.07 Å². The van der Waals surface area contributed by atoms with Gasteiger partial charge in [-0.2, -0.15) is 0 Å². The van der Waals surface area contributed by atoms with Gasteiger partial charge in [-0.3, -0.25) is 9.69 Å². The third-order valence-electron chi connectivity index (χ3n) is 6.82. The molecule has 0 atom stereocenters. The van der Waals surface area contributed by atoms with Crippen molar-refractivity contribution in [3.05, 3.63) is 95.8 Å². The molecular formula is C29H34FN3O. The first-order chi connectivity index (χ1) is 16.6. The molecule has 5 heteroatoms. The number of nitrogens with zero attached hydrogens (tertiary/aromatic N) is 2. The number of piperazine rings is 1. The fourth-order valence-corrected chi connectivity index (χ4v) is 4.85. The summed E-state index contributed by atoms with van der Waals surface area (Å²) in [6.45, 7) is 7.15. The maximum atomic E-state index is 15.0. The lowest BCUT2D eigenvalue weighted by atomic mass is 9.96. The van der Waals surface area contributed by atoms with Crippen molar-refractivity contribution in [2.45, 2.75) is 32.7 Å². The highest BCUT2D eigenvalue weighted by molar-refractivity contribution is 5.92. The lowest BCUT2D eigenvalue weighted by molar-refractivity contribution is -0.120. The fourth-order valence-electron chi connectivity index (χ4n) is 4.85. The molecule has 0 unspecified atom stereocenters. The standard InChI is InChI=1S/C29H34FN3O/c1-3-22(4-2)29(34)31-25-15-16-27(26(30)21-25)32-17-19-33(20-18-32)28(23-11-7-5-8-12-23)24-13-9-6-10-14-24/h5-16,21-22,28H,3-4,17-20H2,1-2H3,(H,31,34). The highest BCUT2D eigenvalue weighted by Crippen LogP contribution is 2.31. The zero-order valence-electron chi connectivity index (χ0n) is 20.1. The smallest absolute Gasteiger partial charge is 0.227 e. The second-order valence-electron chi connectivity index (χ2n) is 8.92. The third-order valence-corrected chi connectivity index (χ3v) is 6.82. The van der Waals surface area contributed by atoms with Crippen molar-refractivity contribution in [1.29, 1.82) is 0 Å². The molecule has 1 amide bonds. The lowest BCUT2D eigenvalue weighted by Crippen LogP contribution is -2.48. The van der Waals surface area contributed by atoms with Crippen molar-refractivity contribution in [2.24, 2.45) is 5.92 Å². The molecule has 0 aromatic heterocycles. The van der Waals surface area contributed by atoms with Gasteiger partial charge in [0.05, 0.1) is 11.7 Å². The predicted molar refractivity (Wildman–Crippen MR) is 138 cm³/mol. The molecule has 0 radical (unpaired) electrons. The molecule has 1 fully saturated rings. The zero-order valence-corrected chi connectivity index (χ0v) is 20.1. The van der Waals surface area contributed by atoms with Crippen LogP contribution in [-0.4, -0.2) is 37.0 Å². The molecule has 1 saturated heterocycles. The number of anilines is 2. The van der Waals surface area contributed by atoms with E-state index >= 15 is 4.39 Å². The van der Waals surface area contributed by atoms with E-state index in [0.717, 1.165) is 39.0 Å². The quantitative estimate of drug-likeness (QED) is 0.441. The van der Waals surface area contributed by atoms with Gasteiger partial charge < -0.3 is 10.2 Å². The number of rotatable bonds is 8. The Labute approximate surface area is 202 Å². The normalized spacial score (nSPS) is 14.6. The lowest BCUT2D eigenvalue weighted by Gasteiger charge is -2.40. The summed E-state index contributed by atoms with van der Waals surface area (Å²) in [6, 6.07) is 26.4. The van der Waals surface area contributed by atoms with Crippen LogP contribution in [0.2, 0.25) is 0 Å². The summed E-state index contributed by atoms with van der Waals surface area (Å²) in [5, 5.41) is 2.87. The van der Waals surface area contributed by atoms with Crippen molar-refractivity contribution < 1.29 is 9.18 Å². The van der Waals surface area contributed by atoms with E-state index in [4.69, 9.17) is 0 Å². The molecule has 34 heavy (non-hydrogen) atoms. The Balaban J connectivity index is 1.45. The minimum Gasteiger partial charge on any atom is -0.367 e. The zero-order chi connectivity index (χ0) is 23.9.